The lowest BCUT2D eigenvalue weighted by molar-refractivity contribution is -0.240. The number of carbonyl (C=O) groups is 2. The van der Waals surface area contributed by atoms with E-state index in [4.69, 9.17) is 14.2 Å². The van der Waals surface area contributed by atoms with E-state index in [1.54, 1.807) is 7.11 Å². The molecule has 0 radical (unpaired) electrons. The molecule has 1 heterocycles. The minimum atomic E-state index is -1.31. The third-order valence-corrected chi connectivity index (χ3v) is 11.9. The van der Waals surface area contributed by atoms with Gasteiger partial charge >= 0.3 is 5.97 Å². The van der Waals surface area contributed by atoms with Gasteiger partial charge < -0.3 is 29.2 Å². The van der Waals surface area contributed by atoms with Gasteiger partial charge in [-0.3, -0.25) is 10.1 Å². The highest BCUT2D eigenvalue weighted by molar-refractivity contribution is 5.90. The van der Waals surface area contributed by atoms with Crippen molar-refractivity contribution in [3.8, 4) is 5.75 Å². The van der Waals surface area contributed by atoms with Gasteiger partial charge in [-0.15, -0.1) is 0 Å². The maximum atomic E-state index is 13.7. The Hall–Kier alpha value is -2.26. The molecular formula is C34H47NO7. The van der Waals surface area contributed by atoms with Crippen molar-refractivity contribution in [3.63, 3.8) is 0 Å². The van der Waals surface area contributed by atoms with Crippen LogP contribution in [0.15, 0.2) is 35.9 Å². The third-order valence-electron chi connectivity index (χ3n) is 11.9. The molecule has 4 fully saturated rings. The number of aldehydes is 1. The lowest BCUT2D eigenvalue weighted by Gasteiger charge is -2.58. The number of allylic oxidation sites excluding steroid dienone is 1. The van der Waals surface area contributed by atoms with Crippen LogP contribution in [0.2, 0.25) is 0 Å². The third kappa shape index (κ3) is 4.08. The van der Waals surface area contributed by atoms with E-state index < -0.39 is 34.7 Å². The van der Waals surface area contributed by atoms with Crippen LogP contribution in [0.1, 0.15) is 65.4 Å². The fourth-order valence-electron chi connectivity index (χ4n) is 10.3. The molecule has 1 unspecified atom stereocenters. The summed E-state index contributed by atoms with van der Waals surface area (Å²) in [4.78, 5) is 26.9. The Balaban J connectivity index is 1.28. The largest absolute Gasteiger partial charge is 0.497 e. The van der Waals surface area contributed by atoms with Crippen molar-refractivity contribution in [2.45, 2.75) is 90.9 Å². The highest BCUT2D eigenvalue weighted by Crippen LogP contribution is 2.82. The van der Waals surface area contributed by atoms with Crippen LogP contribution >= 0.6 is 0 Å². The summed E-state index contributed by atoms with van der Waals surface area (Å²) < 4.78 is 18.1. The number of carbonyl (C=O) groups excluding carboxylic acids is 1. The van der Waals surface area contributed by atoms with Crippen LogP contribution in [-0.2, 0) is 25.5 Å². The second-order valence-electron chi connectivity index (χ2n) is 14.2. The summed E-state index contributed by atoms with van der Waals surface area (Å²) in [5.41, 5.74) is -1.00. The minimum Gasteiger partial charge on any atom is -0.497 e. The van der Waals surface area contributed by atoms with Crippen molar-refractivity contribution in [2.75, 3.05) is 13.7 Å². The van der Waals surface area contributed by atoms with Crippen molar-refractivity contribution in [1.82, 2.24) is 5.32 Å². The Bertz CT molecular complexity index is 1230. The predicted molar refractivity (Wildman–Crippen MR) is 157 cm³/mol. The first-order valence-corrected chi connectivity index (χ1v) is 15.8. The summed E-state index contributed by atoms with van der Waals surface area (Å²) in [6.45, 7) is 8.44. The number of carboxylic acid groups (broad SMARTS) is 1. The lowest BCUT2D eigenvalue weighted by Crippen LogP contribution is -2.64. The Labute approximate surface area is 249 Å². The predicted octanol–water partition coefficient (Wildman–Crippen LogP) is 4.59. The van der Waals surface area contributed by atoms with Crippen LogP contribution < -0.4 is 10.1 Å². The zero-order valence-corrected chi connectivity index (χ0v) is 25.5. The first-order chi connectivity index (χ1) is 20.0. The van der Waals surface area contributed by atoms with Crippen molar-refractivity contribution in [1.29, 1.82) is 0 Å². The number of rotatable bonds is 9. The number of benzene rings is 1. The molecule has 8 heteroatoms. The van der Waals surface area contributed by atoms with E-state index in [1.165, 1.54) is 0 Å². The van der Waals surface area contributed by atoms with E-state index in [2.05, 4.69) is 18.3 Å². The Kier molecular flexibility index (Phi) is 7.61. The number of hydrogen-bond acceptors (Lipinski definition) is 7. The number of nitrogens with one attached hydrogen (secondary N) is 1. The van der Waals surface area contributed by atoms with Crippen molar-refractivity contribution < 1.29 is 34.0 Å². The second kappa shape index (κ2) is 10.7. The van der Waals surface area contributed by atoms with Crippen molar-refractivity contribution in [3.05, 3.63) is 41.5 Å². The molecule has 3 saturated carbocycles. The Morgan fingerprint density at radius 1 is 1.19 bits per heavy atom. The van der Waals surface area contributed by atoms with Crippen molar-refractivity contribution in [2.24, 2.45) is 45.8 Å². The normalized spacial score (nSPS) is 44.0. The van der Waals surface area contributed by atoms with Gasteiger partial charge in [0.15, 0.2) is 12.5 Å². The number of methoxy groups -OCH3 is 1. The molecule has 1 aliphatic heterocycles. The number of fused-ring (bicyclic) bond motifs is 2. The smallest absolute Gasteiger partial charge is 0.315 e. The molecule has 42 heavy (non-hydrogen) atoms. The van der Waals surface area contributed by atoms with E-state index in [0.29, 0.717) is 31.6 Å². The first kappa shape index (κ1) is 29.8. The van der Waals surface area contributed by atoms with Gasteiger partial charge in [-0.05, 0) is 86.3 Å². The van der Waals surface area contributed by atoms with E-state index in [1.807, 2.05) is 45.0 Å². The quantitative estimate of drug-likeness (QED) is 0.287. The van der Waals surface area contributed by atoms with E-state index in [9.17, 15) is 19.8 Å². The van der Waals surface area contributed by atoms with Gasteiger partial charge in [0, 0.05) is 11.5 Å². The number of aliphatic hydroxyl groups excluding tert-OH is 1. The average molecular weight is 582 g/mol. The summed E-state index contributed by atoms with van der Waals surface area (Å²) in [5, 5.41) is 25.8. The molecule has 1 saturated heterocycles. The monoisotopic (exact) mass is 581 g/mol. The molecule has 8 nitrogen and oxygen atoms in total. The van der Waals surface area contributed by atoms with Crippen LogP contribution in [-0.4, -0.2) is 60.8 Å². The summed E-state index contributed by atoms with van der Waals surface area (Å²) >= 11 is 0. The fraction of sp³-hybridized carbons (Fsp3) is 0.706. The highest BCUT2D eigenvalue weighted by Gasteiger charge is 2.84. The van der Waals surface area contributed by atoms with Crippen LogP contribution in [0.25, 0.3) is 0 Å². The molecule has 5 aliphatic rings. The highest BCUT2D eigenvalue weighted by atomic mass is 16.7. The van der Waals surface area contributed by atoms with E-state index in [0.717, 1.165) is 36.0 Å². The van der Waals surface area contributed by atoms with Crippen LogP contribution in [0.3, 0.4) is 0 Å². The average Bonchev–Trinajstić information content (AvgIpc) is 3.48. The molecule has 1 aromatic rings. The summed E-state index contributed by atoms with van der Waals surface area (Å²) in [5.74, 6) is 0.617. The molecular weight excluding hydrogens is 534 g/mol. The zero-order chi connectivity index (χ0) is 30.0. The van der Waals surface area contributed by atoms with Crippen LogP contribution in [0.5, 0.6) is 5.75 Å². The molecule has 0 spiro atoms. The fourth-order valence-corrected chi connectivity index (χ4v) is 10.3. The lowest BCUT2D eigenvalue weighted by atomic mass is 9.43. The van der Waals surface area contributed by atoms with Crippen LogP contribution in [0, 0.1) is 45.8 Å². The second-order valence-corrected chi connectivity index (χ2v) is 14.2. The molecule has 4 bridgehead atoms. The Morgan fingerprint density at radius 3 is 2.57 bits per heavy atom. The number of aliphatic carboxylic acids is 1. The Morgan fingerprint density at radius 2 is 1.93 bits per heavy atom. The molecule has 11 atom stereocenters. The minimum absolute atomic E-state index is 0.000555. The zero-order valence-electron chi connectivity index (χ0n) is 25.5. The summed E-state index contributed by atoms with van der Waals surface area (Å²) in [6, 6.07) is 7.88. The maximum absolute atomic E-state index is 13.7. The van der Waals surface area contributed by atoms with Gasteiger partial charge in [-0.25, -0.2) is 0 Å². The first-order valence-electron chi connectivity index (χ1n) is 15.8. The number of carboxylic acids is 1. The van der Waals surface area contributed by atoms with E-state index >= 15 is 0 Å². The van der Waals surface area contributed by atoms with Gasteiger partial charge in [0.1, 0.15) is 17.5 Å². The summed E-state index contributed by atoms with van der Waals surface area (Å²) in [6.07, 6.45) is 5.57. The molecule has 6 rings (SSSR count). The standard InChI is InChI=1S/C34H47NO7/c1-19(2)28-14-23-15-32(17-36)27-11-6-20(3)26(27)16-33(23,34(28,32)31(38)39)18-41-30-29(37)35-24(12-21(4)42-30)13-22-7-9-25(40-5)10-8-22/h7-10,14,17,19-21,23-24,26-27,29-30,35,37H,6,11-13,15-16,18H2,1-5H3,(H,38,39)/t20-,21-,23+,24?,26-,27-,29-,30-,32+,33+,34+/m1/s1. The topological polar surface area (TPSA) is 114 Å². The molecule has 230 valence electrons. The number of ether oxygens (including phenoxy) is 3. The van der Waals surface area contributed by atoms with Gasteiger partial charge in [0.05, 0.1) is 25.2 Å². The van der Waals surface area contributed by atoms with Gasteiger partial charge in [-0.2, -0.15) is 0 Å². The number of hydrogen-bond donors (Lipinski definition) is 3. The maximum Gasteiger partial charge on any atom is 0.315 e. The molecule has 3 N–H and O–H groups in total. The van der Waals surface area contributed by atoms with Gasteiger partial charge in [0.2, 0.25) is 0 Å². The summed E-state index contributed by atoms with van der Waals surface area (Å²) in [7, 11) is 1.64. The molecule has 1 aromatic carbocycles. The van der Waals surface area contributed by atoms with Gasteiger partial charge in [0.25, 0.3) is 0 Å². The van der Waals surface area contributed by atoms with Gasteiger partial charge in [-0.1, -0.05) is 51.0 Å². The number of aliphatic hydroxyl groups is 1. The molecule has 0 aromatic heterocycles. The van der Waals surface area contributed by atoms with E-state index in [-0.39, 0.29) is 42.4 Å². The molecule has 0 amide bonds. The SMILES string of the molecule is COc1ccc(CC2C[C@@H](C)O[C@@H](OC[C@@]34C[C@@H]5[C@H](C)CC[C@H]5[C@@]5(C=O)C[C@@H]3C=C(C(C)C)[C@@]45C(=O)O)[C@@H](O)N2)cc1. The molecule has 4 aliphatic carbocycles. The van der Waals surface area contributed by atoms with Crippen LogP contribution in [0.4, 0.5) is 0 Å². The van der Waals surface area contributed by atoms with Crippen molar-refractivity contribution >= 4 is 12.3 Å².